The summed E-state index contributed by atoms with van der Waals surface area (Å²) in [4.78, 5) is 2.97. The smallest absolute Gasteiger partial charge is 0.0714 e. The Morgan fingerprint density at radius 1 is 1.42 bits per heavy atom. The first-order valence-electron chi connectivity index (χ1n) is 4.69. The third-order valence-corrected chi connectivity index (χ3v) is 5.05. The Morgan fingerprint density at radius 2 is 2.08 bits per heavy atom. The summed E-state index contributed by atoms with van der Waals surface area (Å²) in [5.74, 6) is 1.29. The first kappa shape index (κ1) is 8.85. The number of hydrogen-bond donors (Lipinski definition) is 0. The van der Waals surface area contributed by atoms with Crippen molar-refractivity contribution in [1.29, 1.82) is 0 Å². The molecule has 2 nitrogen and oxygen atoms in total. The van der Waals surface area contributed by atoms with Crippen LogP contribution >= 0.6 is 11.8 Å². The molecule has 3 heteroatoms. The molecule has 1 atom stereocenters. The molecule has 0 amide bonds. The lowest BCUT2D eigenvalue weighted by Gasteiger charge is -2.39. The lowest BCUT2D eigenvalue weighted by atomic mass is 10.1. The van der Waals surface area contributed by atoms with Gasteiger partial charge < -0.3 is 4.74 Å². The Bertz CT molecular complexity index is 162. The van der Waals surface area contributed by atoms with E-state index >= 15 is 0 Å². The van der Waals surface area contributed by atoms with Crippen molar-refractivity contribution in [2.75, 3.05) is 26.0 Å². The van der Waals surface area contributed by atoms with Crippen LogP contribution in [0.25, 0.3) is 0 Å². The highest BCUT2D eigenvalue weighted by atomic mass is 32.2. The molecule has 0 bridgehead atoms. The highest BCUT2D eigenvalue weighted by Crippen LogP contribution is 2.44. The van der Waals surface area contributed by atoms with Crippen molar-refractivity contribution in [1.82, 2.24) is 4.90 Å². The number of thioether (sulfide) groups is 1. The van der Waals surface area contributed by atoms with Crippen LogP contribution in [0.15, 0.2) is 0 Å². The molecule has 0 saturated carbocycles. The van der Waals surface area contributed by atoms with Crippen LogP contribution in [0.1, 0.15) is 19.8 Å². The third kappa shape index (κ3) is 1.28. The normalized spacial score (nSPS) is 36.0. The quantitative estimate of drug-likeness (QED) is 0.571. The molecule has 2 aliphatic heterocycles. The average molecular weight is 187 g/mol. The summed E-state index contributed by atoms with van der Waals surface area (Å²) < 4.78 is 5.40. The van der Waals surface area contributed by atoms with Gasteiger partial charge in [0.05, 0.1) is 4.87 Å². The zero-order valence-corrected chi connectivity index (χ0v) is 8.69. The standard InChI is InChI=1S/C9H17NOS/c1-8-7-12-9(10(8)2)3-5-11-6-4-9/h8H,3-7H2,1-2H3/t8-/m1/s1. The minimum Gasteiger partial charge on any atom is -0.381 e. The van der Waals surface area contributed by atoms with Crippen LogP contribution in [0.3, 0.4) is 0 Å². The predicted octanol–water partition coefficient (Wildman–Crippen LogP) is 1.56. The third-order valence-electron chi connectivity index (χ3n) is 3.17. The van der Waals surface area contributed by atoms with Crippen molar-refractivity contribution in [3.05, 3.63) is 0 Å². The summed E-state index contributed by atoms with van der Waals surface area (Å²) in [5.41, 5.74) is 0. The molecule has 0 aromatic carbocycles. The largest absolute Gasteiger partial charge is 0.381 e. The van der Waals surface area contributed by atoms with E-state index in [2.05, 4.69) is 30.6 Å². The topological polar surface area (TPSA) is 12.5 Å². The van der Waals surface area contributed by atoms with Crippen LogP contribution < -0.4 is 0 Å². The average Bonchev–Trinajstić information content (AvgIpc) is 2.37. The van der Waals surface area contributed by atoms with E-state index in [0.29, 0.717) is 4.87 Å². The van der Waals surface area contributed by atoms with Crippen molar-refractivity contribution in [3.63, 3.8) is 0 Å². The Labute approximate surface area is 78.6 Å². The van der Waals surface area contributed by atoms with E-state index in [-0.39, 0.29) is 0 Å². The van der Waals surface area contributed by atoms with Crippen molar-refractivity contribution in [2.24, 2.45) is 0 Å². The van der Waals surface area contributed by atoms with E-state index in [1.165, 1.54) is 18.6 Å². The SMILES string of the molecule is C[C@@H]1CSC2(CCOCC2)N1C. The zero-order valence-electron chi connectivity index (χ0n) is 7.88. The fourth-order valence-corrected chi connectivity index (χ4v) is 3.69. The first-order chi connectivity index (χ1) is 5.75. The molecular weight excluding hydrogens is 170 g/mol. The van der Waals surface area contributed by atoms with Crippen LogP contribution in [-0.4, -0.2) is 41.8 Å². The number of rotatable bonds is 0. The van der Waals surface area contributed by atoms with Gasteiger partial charge in [-0.3, -0.25) is 4.90 Å². The number of hydrogen-bond acceptors (Lipinski definition) is 3. The molecule has 2 fully saturated rings. The molecule has 12 heavy (non-hydrogen) atoms. The molecule has 0 aromatic heterocycles. The molecule has 2 aliphatic rings. The summed E-state index contributed by atoms with van der Waals surface area (Å²) in [7, 11) is 2.26. The maximum atomic E-state index is 5.40. The Morgan fingerprint density at radius 3 is 2.58 bits per heavy atom. The molecular formula is C9H17NOS. The predicted molar refractivity (Wildman–Crippen MR) is 52.5 cm³/mol. The van der Waals surface area contributed by atoms with E-state index in [9.17, 15) is 0 Å². The minimum absolute atomic E-state index is 0.428. The van der Waals surface area contributed by atoms with Gasteiger partial charge in [0.15, 0.2) is 0 Å². The minimum atomic E-state index is 0.428. The summed E-state index contributed by atoms with van der Waals surface area (Å²) in [6, 6.07) is 0.744. The molecule has 70 valence electrons. The van der Waals surface area contributed by atoms with Crippen LogP contribution in [0.2, 0.25) is 0 Å². The van der Waals surface area contributed by atoms with Crippen LogP contribution in [0.4, 0.5) is 0 Å². The van der Waals surface area contributed by atoms with Crippen molar-refractivity contribution in [3.8, 4) is 0 Å². The van der Waals surface area contributed by atoms with Crippen molar-refractivity contribution >= 4 is 11.8 Å². The maximum Gasteiger partial charge on any atom is 0.0714 e. The van der Waals surface area contributed by atoms with Crippen LogP contribution in [0.5, 0.6) is 0 Å². The van der Waals surface area contributed by atoms with Gasteiger partial charge in [-0.2, -0.15) is 0 Å². The summed E-state index contributed by atoms with van der Waals surface area (Å²) >= 11 is 2.13. The molecule has 2 heterocycles. The Balaban J connectivity index is 2.09. The Hall–Kier alpha value is 0.270. The van der Waals surface area contributed by atoms with Gasteiger partial charge in [-0.25, -0.2) is 0 Å². The Kier molecular flexibility index (Phi) is 2.36. The van der Waals surface area contributed by atoms with Crippen molar-refractivity contribution < 1.29 is 4.74 Å². The highest BCUT2D eigenvalue weighted by molar-refractivity contribution is 8.00. The molecule has 2 saturated heterocycles. The van der Waals surface area contributed by atoms with E-state index in [4.69, 9.17) is 4.74 Å². The second-order valence-electron chi connectivity index (χ2n) is 3.83. The lowest BCUT2D eigenvalue weighted by molar-refractivity contribution is 0.0251. The summed E-state index contributed by atoms with van der Waals surface area (Å²) in [6.07, 6.45) is 2.41. The maximum absolute atomic E-state index is 5.40. The molecule has 0 N–H and O–H groups in total. The zero-order chi connectivity index (χ0) is 8.60. The van der Waals surface area contributed by atoms with E-state index < -0.39 is 0 Å². The fraction of sp³-hybridized carbons (Fsp3) is 1.00. The summed E-state index contributed by atoms with van der Waals surface area (Å²) in [6.45, 7) is 4.21. The molecule has 0 radical (unpaired) electrons. The van der Waals surface area contributed by atoms with Gasteiger partial charge in [0.25, 0.3) is 0 Å². The van der Waals surface area contributed by atoms with Gasteiger partial charge in [0, 0.05) is 25.0 Å². The lowest BCUT2D eigenvalue weighted by Crippen LogP contribution is -2.46. The van der Waals surface area contributed by atoms with E-state index in [1.54, 1.807) is 0 Å². The van der Waals surface area contributed by atoms with Crippen LogP contribution in [0, 0.1) is 0 Å². The van der Waals surface area contributed by atoms with Gasteiger partial charge in [0.1, 0.15) is 0 Å². The number of nitrogens with zero attached hydrogens (tertiary/aromatic N) is 1. The molecule has 0 unspecified atom stereocenters. The van der Waals surface area contributed by atoms with Crippen molar-refractivity contribution in [2.45, 2.75) is 30.7 Å². The van der Waals surface area contributed by atoms with Crippen LogP contribution in [-0.2, 0) is 4.74 Å². The highest BCUT2D eigenvalue weighted by Gasteiger charge is 2.43. The number of ether oxygens (including phenoxy) is 1. The second-order valence-corrected chi connectivity index (χ2v) is 5.21. The monoisotopic (exact) mass is 187 g/mol. The van der Waals surface area contributed by atoms with Gasteiger partial charge in [-0.15, -0.1) is 11.8 Å². The molecule has 2 rings (SSSR count). The molecule has 0 aromatic rings. The van der Waals surface area contributed by atoms with E-state index in [1.807, 2.05) is 0 Å². The van der Waals surface area contributed by atoms with Gasteiger partial charge in [0.2, 0.25) is 0 Å². The summed E-state index contributed by atoms with van der Waals surface area (Å²) in [5, 5.41) is 0. The van der Waals surface area contributed by atoms with Gasteiger partial charge in [-0.05, 0) is 26.8 Å². The van der Waals surface area contributed by atoms with Gasteiger partial charge in [-0.1, -0.05) is 0 Å². The molecule has 0 aliphatic carbocycles. The fourth-order valence-electron chi connectivity index (χ4n) is 2.08. The van der Waals surface area contributed by atoms with Gasteiger partial charge >= 0.3 is 0 Å². The molecule has 1 spiro atoms. The second kappa shape index (κ2) is 3.20. The first-order valence-corrected chi connectivity index (χ1v) is 5.68. The van der Waals surface area contributed by atoms with E-state index in [0.717, 1.165) is 19.3 Å².